The van der Waals surface area contributed by atoms with Gasteiger partial charge in [0, 0.05) is 34.9 Å². The number of carbonyl (C=O) groups is 1. The molecule has 2 atom stereocenters. The molecule has 0 unspecified atom stereocenters. The van der Waals surface area contributed by atoms with Crippen LogP contribution in [-0.2, 0) is 4.74 Å². The number of aromatic nitrogens is 1. The normalized spacial score (nSPS) is 20.4. The summed E-state index contributed by atoms with van der Waals surface area (Å²) < 4.78 is 35.2. The Balaban J connectivity index is 1.80. The van der Waals surface area contributed by atoms with E-state index in [-0.39, 0.29) is 6.54 Å². The van der Waals surface area contributed by atoms with Crippen molar-refractivity contribution in [3.63, 3.8) is 0 Å². The summed E-state index contributed by atoms with van der Waals surface area (Å²) in [5.74, 6) is -0.833. The number of aliphatic hydroxyl groups excluding tert-OH is 1. The number of rotatable bonds is 1. The Hall–Kier alpha value is -2.67. The van der Waals surface area contributed by atoms with E-state index in [4.69, 9.17) is 4.74 Å². The zero-order valence-electron chi connectivity index (χ0n) is 16.7. The standard InChI is InChI=1S/C22H24F2N2O3/c1-22(2,3)29-21(28)25-9-8-20(27)19(12-25)26-17-6-4-13(23)10-15(17)16-11-14(24)5-7-18(16)26/h4-7,10-11,19-20,27H,8-9,12H2,1-3H3/t19-,20+/m0/s1. The highest BCUT2D eigenvalue weighted by molar-refractivity contribution is 6.08. The molecule has 7 heteroatoms. The predicted octanol–water partition coefficient (Wildman–Crippen LogP) is 4.62. The van der Waals surface area contributed by atoms with E-state index in [1.165, 1.54) is 24.3 Å². The van der Waals surface area contributed by atoms with E-state index < -0.39 is 35.5 Å². The van der Waals surface area contributed by atoms with Crippen LogP contribution in [0, 0.1) is 11.6 Å². The van der Waals surface area contributed by atoms with Gasteiger partial charge in [0.2, 0.25) is 0 Å². The average Bonchev–Trinajstić information content (AvgIpc) is 2.93. The van der Waals surface area contributed by atoms with Crippen molar-refractivity contribution in [2.75, 3.05) is 13.1 Å². The van der Waals surface area contributed by atoms with Crippen LogP contribution < -0.4 is 0 Å². The number of nitrogens with zero attached hydrogens (tertiary/aromatic N) is 2. The number of benzene rings is 2. The summed E-state index contributed by atoms with van der Waals surface area (Å²) in [5.41, 5.74) is 0.744. The molecule has 2 aromatic carbocycles. The van der Waals surface area contributed by atoms with Crippen LogP contribution in [0.1, 0.15) is 33.2 Å². The second-order valence-electron chi connectivity index (χ2n) is 8.54. The minimum Gasteiger partial charge on any atom is -0.444 e. The molecule has 0 radical (unpaired) electrons. The Bertz CT molecular complexity index is 1030. The fourth-order valence-electron chi connectivity index (χ4n) is 4.02. The quantitative estimate of drug-likeness (QED) is 0.646. The third-order valence-electron chi connectivity index (χ3n) is 5.26. The second kappa shape index (κ2) is 6.99. The minimum atomic E-state index is -0.706. The van der Waals surface area contributed by atoms with E-state index in [1.807, 2.05) is 4.57 Å². The highest BCUT2D eigenvalue weighted by Gasteiger charge is 2.35. The molecule has 0 saturated carbocycles. The maximum atomic E-state index is 13.9. The van der Waals surface area contributed by atoms with Gasteiger partial charge in [-0.3, -0.25) is 0 Å². The molecule has 2 heterocycles. The first-order chi connectivity index (χ1) is 13.6. The highest BCUT2D eigenvalue weighted by Crippen LogP contribution is 2.36. The fourth-order valence-corrected chi connectivity index (χ4v) is 4.02. The first-order valence-corrected chi connectivity index (χ1v) is 9.69. The number of ether oxygens (including phenoxy) is 1. The number of halogens is 2. The smallest absolute Gasteiger partial charge is 0.410 e. The average molecular weight is 402 g/mol. The predicted molar refractivity (Wildman–Crippen MR) is 107 cm³/mol. The number of hydrogen-bond donors (Lipinski definition) is 1. The van der Waals surface area contributed by atoms with E-state index in [2.05, 4.69) is 0 Å². The Morgan fingerprint density at radius 3 is 2.14 bits per heavy atom. The van der Waals surface area contributed by atoms with Crippen LogP contribution in [0.5, 0.6) is 0 Å². The Morgan fingerprint density at radius 2 is 1.62 bits per heavy atom. The number of hydrogen-bond acceptors (Lipinski definition) is 3. The second-order valence-corrected chi connectivity index (χ2v) is 8.54. The zero-order chi connectivity index (χ0) is 20.9. The molecule has 1 fully saturated rings. The van der Waals surface area contributed by atoms with Crippen LogP contribution in [0.4, 0.5) is 13.6 Å². The summed E-state index contributed by atoms with van der Waals surface area (Å²) in [4.78, 5) is 14.1. The van der Waals surface area contributed by atoms with Crippen molar-refractivity contribution in [1.82, 2.24) is 9.47 Å². The van der Waals surface area contributed by atoms with E-state index in [1.54, 1.807) is 37.8 Å². The van der Waals surface area contributed by atoms with E-state index in [9.17, 15) is 18.7 Å². The van der Waals surface area contributed by atoms with Crippen LogP contribution in [0.3, 0.4) is 0 Å². The lowest BCUT2D eigenvalue weighted by molar-refractivity contribution is -0.00417. The molecule has 1 N–H and O–H groups in total. The number of amides is 1. The summed E-state index contributed by atoms with van der Waals surface area (Å²) in [5, 5.41) is 11.9. The maximum Gasteiger partial charge on any atom is 0.410 e. The van der Waals surface area contributed by atoms with Gasteiger partial charge < -0.3 is 19.3 Å². The van der Waals surface area contributed by atoms with Crippen LogP contribution in [0.2, 0.25) is 0 Å². The molecule has 1 aromatic heterocycles. The first kappa shape index (κ1) is 19.6. The van der Waals surface area contributed by atoms with Crippen molar-refractivity contribution >= 4 is 27.9 Å². The molecular formula is C22H24F2N2O3. The summed E-state index contributed by atoms with van der Waals surface area (Å²) >= 11 is 0. The van der Waals surface area contributed by atoms with Gasteiger partial charge in [0.05, 0.1) is 12.1 Å². The SMILES string of the molecule is CC(C)(C)OC(=O)N1CC[C@@H](O)[C@@H](n2c3ccc(F)cc3c3cc(F)ccc32)C1. The molecule has 3 aromatic rings. The van der Waals surface area contributed by atoms with E-state index >= 15 is 0 Å². The Morgan fingerprint density at radius 1 is 1.07 bits per heavy atom. The van der Waals surface area contributed by atoms with Gasteiger partial charge in [-0.25, -0.2) is 13.6 Å². The maximum absolute atomic E-state index is 13.9. The number of aliphatic hydroxyl groups is 1. The summed E-state index contributed by atoms with van der Waals surface area (Å²) in [6, 6.07) is 8.21. The first-order valence-electron chi connectivity index (χ1n) is 9.69. The fraction of sp³-hybridized carbons (Fsp3) is 0.409. The summed E-state index contributed by atoms with van der Waals surface area (Å²) in [6.45, 7) is 6.03. The molecule has 29 heavy (non-hydrogen) atoms. The Kier molecular flexibility index (Phi) is 4.73. The van der Waals surface area contributed by atoms with Crippen LogP contribution in [0.25, 0.3) is 21.8 Å². The lowest BCUT2D eigenvalue weighted by Gasteiger charge is -2.38. The van der Waals surface area contributed by atoms with Gasteiger partial charge in [0.25, 0.3) is 0 Å². The number of carbonyl (C=O) groups excluding carboxylic acids is 1. The summed E-state index contributed by atoms with van der Waals surface area (Å²) in [7, 11) is 0. The largest absolute Gasteiger partial charge is 0.444 e. The van der Waals surface area contributed by atoms with Crippen molar-refractivity contribution in [1.29, 1.82) is 0 Å². The lowest BCUT2D eigenvalue weighted by atomic mass is 10.0. The number of fused-ring (bicyclic) bond motifs is 3. The molecule has 4 rings (SSSR count). The van der Waals surface area contributed by atoms with Crippen LogP contribution in [0.15, 0.2) is 36.4 Å². The molecule has 1 amide bonds. The topological polar surface area (TPSA) is 54.7 Å². The minimum absolute atomic E-state index is 0.240. The molecule has 0 aliphatic carbocycles. The molecule has 1 saturated heterocycles. The zero-order valence-corrected chi connectivity index (χ0v) is 16.7. The van der Waals surface area contributed by atoms with Gasteiger partial charge >= 0.3 is 6.09 Å². The van der Waals surface area contributed by atoms with Crippen molar-refractivity contribution in [2.45, 2.75) is 44.9 Å². The molecule has 0 spiro atoms. The van der Waals surface area contributed by atoms with Gasteiger partial charge in [-0.2, -0.15) is 0 Å². The molecule has 5 nitrogen and oxygen atoms in total. The van der Waals surface area contributed by atoms with Gasteiger partial charge in [0.15, 0.2) is 0 Å². The molecule has 154 valence electrons. The van der Waals surface area contributed by atoms with Crippen molar-refractivity contribution in [3.8, 4) is 0 Å². The van der Waals surface area contributed by atoms with E-state index in [0.717, 1.165) is 0 Å². The third kappa shape index (κ3) is 3.67. The van der Waals surface area contributed by atoms with Crippen molar-refractivity contribution < 1.29 is 23.4 Å². The Labute approximate surface area is 167 Å². The monoisotopic (exact) mass is 402 g/mol. The molecule has 0 bridgehead atoms. The van der Waals surface area contributed by atoms with Gasteiger partial charge in [0.1, 0.15) is 17.2 Å². The van der Waals surface area contributed by atoms with Crippen molar-refractivity contribution in [2.24, 2.45) is 0 Å². The molecule has 1 aliphatic heterocycles. The number of likely N-dealkylation sites (tertiary alicyclic amines) is 1. The van der Waals surface area contributed by atoms with Gasteiger partial charge in [-0.1, -0.05) is 0 Å². The highest BCUT2D eigenvalue weighted by atomic mass is 19.1. The lowest BCUT2D eigenvalue weighted by Crippen LogP contribution is -2.48. The number of piperidine rings is 1. The van der Waals surface area contributed by atoms with Gasteiger partial charge in [-0.15, -0.1) is 0 Å². The van der Waals surface area contributed by atoms with Gasteiger partial charge in [-0.05, 0) is 63.6 Å². The molecular weight excluding hydrogens is 378 g/mol. The molecule has 1 aliphatic rings. The summed E-state index contributed by atoms with van der Waals surface area (Å²) in [6.07, 6.45) is -0.761. The third-order valence-corrected chi connectivity index (χ3v) is 5.26. The van der Waals surface area contributed by atoms with Crippen molar-refractivity contribution in [3.05, 3.63) is 48.0 Å². The van der Waals surface area contributed by atoms with Crippen LogP contribution >= 0.6 is 0 Å². The van der Waals surface area contributed by atoms with Crippen LogP contribution in [-0.4, -0.2) is 45.5 Å². The van der Waals surface area contributed by atoms with E-state index in [0.29, 0.717) is 34.8 Å².